The number of anilines is 1. The molecule has 0 aliphatic carbocycles. The second kappa shape index (κ2) is 6.70. The molecule has 0 aliphatic heterocycles. The number of aromatic nitrogens is 3. The van der Waals surface area contributed by atoms with Crippen molar-refractivity contribution in [3.63, 3.8) is 0 Å². The molecule has 2 N–H and O–H groups in total. The summed E-state index contributed by atoms with van der Waals surface area (Å²) in [6.45, 7) is 0. The van der Waals surface area contributed by atoms with Crippen LogP contribution in [-0.2, 0) is 12.4 Å². The van der Waals surface area contributed by atoms with Crippen molar-refractivity contribution in [3.05, 3.63) is 34.7 Å². The third-order valence-electron chi connectivity index (χ3n) is 2.96. The molecule has 4 nitrogen and oxygen atoms in total. The first kappa shape index (κ1) is 18.9. The zero-order chi connectivity index (χ0) is 19.1. The highest BCUT2D eigenvalue weighted by atomic mass is 32.2. The van der Waals surface area contributed by atoms with Crippen LogP contribution in [0.3, 0.4) is 0 Å². The molecular weight excluding hydrogens is 422 g/mol. The highest BCUT2D eigenvalue weighted by molar-refractivity contribution is 8.02. The van der Waals surface area contributed by atoms with Crippen molar-refractivity contribution < 1.29 is 26.3 Å². The fraction of sp³-hybridized carbons (Fsp3) is 0.154. The van der Waals surface area contributed by atoms with Crippen molar-refractivity contribution in [3.8, 4) is 11.3 Å². The average Bonchev–Trinajstić information content (AvgIpc) is 3.15. The zero-order valence-electron chi connectivity index (χ0n) is 12.2. The molecule has 0 bridgehead atoms. The highest BCUT2D eigenvalue weighted by Crippen LogP contribution is 2.40. The third kappa shape index (κ3) is 4.27. The lowest BCUT2D eigenvalue weighted by Crippen LogP contribution is -2.11. The van der Waals surface area contributed by atoms with E-state index in [0.29, 0.717) is 20.8 Å². The normalized spacial score (nSPS) is 12.5. The molecule has 2 heterocycles. The van der Waals surface area contributed by atoms with Crippen molar-refractivity contribution in [1.82, 2.24) is 15.2 Å². The van der Waals surface area contributed by atoms with Crippen LogP contribution < -0.4 is 5.73 Å². The van der Waals surface area contributed by atoms with E-state index < -0.39 is 23.5 Å². The quantitative estimate of drug-likeness (QED) is 0.564. The van der Waals surface area contributed by atoms with Gasteiger partial charge in [-0.05, 0) is 30.0 Å². The van der Waals surface area contributed by atoms with Crippen molar-refractivity contribution in [2.24, 2.45) is 0 Å². The van der Waals surface area contributed by atoms with E-state index in [4.69, 9.17) is 5.73 Å². The van der Waals surface area contributed by atoms with Crippen molar-refractivity contribution in [2.45, 2.75) is 21.0 Å². The Morgan fingerprint density at radius 1 is 0.885 bits per heavy atom. The summed E-state index contributed by atoms with van der Waals surface area (Å²) in [5.41, 5.74) is 2.40. The minimum Gasteiger partial charge on any atom is -0.374 e. The van der Waals surface area contributed by atoms with Crippen LogP contribution in [0.1, 0.15) is 11.1 Å². The fourth-order valence-corrected chi connectivity index (χ4v) is 4.54. The molecule has 0 fully saturated rings. The Morgan fingerprint density at radius 3 is 2.00 bits per heavy atom. The van der Waals surface area contributed by atoms with E-state index in [1.165, 1.54) is 5.38 Å². The number of hydrogen-bond acceptors (Lipinski definition) is 7. The number of nitrogens with two attached hydrogens (primary N) is 1. The third-order valence-corrected chi connectivity index (χ3v) is 5.71. The molecule has 0 saturated heterocycles. The van der Waals surface area contributed by atoms with Gasteiger partial charge in [0.25, 0.3) is 0 Å². The maximum absolute atomic E-state index is 12.9. The van der Waals surface area contributed by atoms with Crippen LogP contribution in [0.25, 0.3) is 11.3 Å². The van der Waals surface area contributed by atoms with E-state index in [2.05, 4.69) is 15.2 Å². The fourth-order valence-electron chi connectivity index (χ4n) is 1.88. The van der Waals surface area contributed by atoms with E-state index in [1.54, 1.807) is 0 Å². The molecule has 26 heavy (non-hydrogen) atoms. The molecule has 0 aliphatic rings. The Balaban J connectivity index is 1.98. The van der Waals surface area contributed by atoms with E-state index in [-0.39, 0.29) is 22.5 Å². The second-order valence-electron chi connectivity index (χ2n) is 4.80. The van der Waals surface area contributed by atoms with Gasteiger partial charge in [-0.1, -0.05) is 11.3 Å². The van der Waals surface area contributed by atoms with Crippen LogP contribution >= 0.6 is 34.4 Å². The molecule has 3 rings (SSSR count). The standard InChI is InChI=1S/C13H6F6N4S3/c14-12(15,16)6-1-5(2-7(3-6)13(17,18)19)8-4-24-10(21-8)26-11-23-22-9(20)25-11/h1-4H,(H2,20,22). The van der Waals surface area contributed by atoms with Crippen molar-refractivity contribution >= 4 is 39.6 Å². The second-order valence-corrected chi connectivity index (χ2v) is 8.16. The first-order chi connectivity index (χ1) is 12.0. The maximum Gasteiger partial charge on any atom is 0.416 e. The topological polar surface area (TPSA) is 64.7 Å². The van der Waals surface area contributed by atoms with Gasteiger partial charge in [-0.3, -0.25) is 0 Å². The van der Waals surface area contributed by atoms with Gasteiger partial charge in [0.2, 0.25) is 5.13 Å². The van der Waals surface area contributed by atoms with Crippen molar-refractivity contribution in [1.29, 1.82) is 0 Å². The van der Waals surface area contributed by atoms with Gasteiger partial charge in [0, 0.05) is 10.9 Å². The van der Waals surface area contributed by atoms with Gasteiger partial charge in [0.1, 0.15) is 0 Å². The lowest BCUT2D eigenvalue weighted by Gasteiger charge is -2.13. The number of alkyl halides is 6. The summed E-state index contributed by atoms with van der Waals surface area (Å²) < 4.78 is 78.4. The van der Waals surface area contributed by atoms with Gasteiger partial charge in [-0.15, -0.1) is 21.5 Å². The van der Waals surface area contributed by atoms with Crippen LogP contribution in [0, 0.1) is 0 Å². The Kier molecular flexibility index (Phi) is 4.88. The molecule has 0 saturated carbocycles. The lowest BCUT2D eigenvalue weighted by molar-refractivity contribution is -0.143. The smallest absolute Gasteiger partial charge is 0.374 e. The SMILES string of the molecule is Nc1nnc(Sc2nc(-c3cc(C(F)(F)F)cc(C(F)(F)F)c3)cs2)s1. The highest BCUT2D eigenvalue weighted by Gasteiger charge is 2.37. The molecule has 3 aromatic rings. The van der Waals surface area contributed by atoms with Gasteiger partial charge in [0.15, 0.2) is 8.68 Å². The number of rotatable bonds is 3. The van der Waals surface area contributed by atoms with E-state index >= 15 is 0 Å². The number of nitrogen functional groups attached to an aromatic ring is 1. The van der Waals surface area contributed by atoms with Crippen LogP contribution in [-0.4, -0.2) is 15.2 Å². The van der Waals surface area contributed by atoms with Crippen LogP contribution in [0.4, 0.5) is 31.5 Å². The van der Waals surface area contributed by atoms with Gasteiger partial charge in [-0.25, -0.2) is 4.98 Å². The van der Waals surface area contributed by atoms with Crippen molar-refractivity contribution in [2.75, 3.05) is 5.73 Å². The predicted molar refractivity (Wildman–Crippen MR) is 86.0 cm³/mol. The number of thiazole rings is 1. The lowest BCUT2D eigenvalue weighted by atomic mass is 10.0. The maximum atomic E-state index is 12.9. The van der Waals surface area contributed by atoms with Gasteiger partial charge < -0.3 is 5.73 Å². The van der Waals surface area contributed by atoms with Crippen LogP contribution in [0.5, 0.6) is 0 Å². The summed E-state index contributed by atoms with van der Waals surface area (Å²) in [5, 5.41) is 8.98. The molecule has 0 spiro atoms. The van der Waals surface area contributed by atoms with Gasteiger partial charge in [0.05, 0.1) is 16.8 Å². The summed E-state index contributed by atoms with van der Waals surface area (Å²) >= 11 is 3.22. The molecule has 0 atom stereocenters. The molecule has 0 radical (unpaired) electrons. The van der Waals surface area contributed by atoms with Gasteiger partial charge in [-0.2, -0.15) is 26.3 Å². The molecule has 1 aromatic carbocycles. The zero-order valence-corrected chi connectivity index (χ0v) is 14.7. The molecule has 13 heteroatoms. The number of hydrogen-bond donors (Lipinski definition) is 1. The summed E-state index contributed by atoms with van der Waals surface area (Å²) in [6.07, 6.45) is -9.82. The first-order valence-corrected chi connectivity index (χ1v) is 9.06. The van der Waals surface area contributed by atoms with E-state index in [9.17, 15) is 26.3 Å². The average molecular weight is 428 g/mol. The minimum absolute atomic E-state index is 0.00610. The molecular formula is C13H6F6N4S3. The van der Waals surface area contributed by atoms with Gasteiger partial charge >= 0.3 is 12.4 Å². The summed E-state index contributed by atoms with van der Waals surface area (Å²) in [6, 6.07) is 1.36. The molecule has 0 unspecified atom stereocenters. The Morgan fingerprint density at radius 2 is 1.50 bits per heavy atom. The summed E-state index contributed by atoms with van der Waals surface area (Å²) in [7, 11) is 0. The monoisotopic (exact) mass is 428 g/mol. The van der Waals surface area contributed by atoms with Crippen LogP contribution in [0.15, 0.2) is 32.3 Å². The summed E-state index contributed by atoms with van der Waals surface area (Å²) in [5.74, 6) is 0. The first-order valence-electron chi connectivity index (χ1n) is 6.54. The number of benzene rings is 1. The largest absolute Gasteiger partial charge is 0.416 e. The van der Waals surface area contributed by atoms with E-state index in [0.717, 1.165) is 34.4 Å². The van der Waals surface area contributed by atoms with Crippen LogP contribution in [0.2, 0.25) is 0 Å². The predicted octanol–water partition coefficient (Wildman–Crippen LogP) is 5.43. The molecule has 0 amide bonds. The Bertz CT molecular complexity index is 898. The number of halogens is 6. The van der Waals surface area contributed by atoms with E-state index in [1.807, 2.05) is 0 Å². The minimum atomic E-state index is -4.91. The Labute approximate surface area is 154 Å². The summed E-state index contributed by atoms with van der Waals surface area (Å²) in [4.78, 5) is 4.08. The Hall–Kier alpha value is -1.86. The number of nitrogens with zero attached hydrogens (tertiary/aromatic N) is 3. The molecule has 138 valence electrons. The molecule has 2 aromatic heterocycles.